The van der Waals surface area contributed by atoms with Crippen LogP contribution in [0.3, 0.4) is 0 Å². The van der Waals surface area contributed by atoms with E-state index in [1.165, 1.54) is 24.3 Å². The molecule has 2 amide bonds. The maximum Gasteiger partial charge on any atom is 0.335 e. The highest BCUT2D eigenvalue weighted by molar-refractivity contribution is 5.99. The predicted molar refractivity (Wildman–Crippen MR) is 107 cm³/mol. The Kier molecular flexibility index (Phi) is 6.13. The van der Waals surface area contributed by atoms with Crippen molar-refractivity contribution in [1.29, 1.82) is 0 Å². The fraction of sp³-hybridized carbons (Fsp3) is 0.286. The molecule has 29 heavy (non-hydrogen) atoms. The number of amides is 2. The van der Waals surface area contributed by atoms with Crippen molar-refractivity contribution in [3.8, 4) is 0 Å². The van der Waals surface area contributed by atoms with Crippen LogP contribution >= 0.6 is 0 Å². The van der Waals surface area contributed by atoms with Gasteiger partial charge in [-0.2, -0.15) is 0 Å². The Morgan fingerprint density at radius 1 is 0.828 bits per heavy atom. The van der Waals surface area contributed by atoms with Gasteiger partial charge in [-0.15, -0.1) is 0 Å². The number of hydrogen-bond donors (Lipinski definition) is 3. The third kappa shape index (κ3) is 5.11. The van der Waals surface area contributed by atoms with Crippen LogP contribution in [-0.4, -0.2) is 48.2 Å². The fourth-order valence-electron chi connectivity index (χ4n) is 3.23. The Morgan fingerprint density at radius 3 is 1.69 bits per heavy atom. The van der Waals surface area contributed by atoms with Gasteiger partial charge in [0.2, 0.25) is 0 Å². The van der Waals surface area contributed by atoms with Crippen molar-refractivity contribution in [2.24, 2.45) is 0 Å². The summed E-state index contributed by atoms with van der Waals surface area (Å²) in [7, 11) is 0. The number of anilines is 1. The second-order valence-corrected chi connectivity index (χ2v) is 7.00. The van der Waals surface area contributed by atoms with Gasteiger partial charge >= 0.3 is 5.97 Å². The number of carboxylic acids is 1. The molecule has 3 N–H and O–H groups in total. The van der Waals surface area contributed by atoms with Crippen LogP contribution in [0.1, 0.15) is 44.9 Å². The molecular formula is C21H23N3O5. The van der Waals surface area contributed by atoms with E-state index in [0.717, 1.165) is 18.8 Å². The van der Waals surface area contributed by atoms with Crippen LogP contribution in [0, 0.1) is 0 Å². The van der Waals surface area contributed by atoms with Gasteiger partial charge in [0.15, 0.2) is 0 Å². The van der Waals surface area contributed by atoms with Crippen LogP contribution in [0.5, 0.6) is 0 Å². The van der Waals surface area contributed by atoms with Crippen molar-refractivity contribution in [1.82, 2.24) is 10.9 Å². The van der Waals surface area contributed by atoms with Crippen LogP contribution in [0.15, 0.2) is 48.5 Å². The van der Waals surface area contributed by atoms with E-state index in [1.807, 2.05) is 26.0 Å². The molecule has 2 aromatic rings. The molecule has 0 radical (unpaired) electrons. The maximum absolute atomic E-state index is 12.3. The molecule has 1 aliphatic rings. The van der Waals surface area contributed by atoms with Crippen LogP contribution in [0.2, 0.25) is 0 Å². The van der Waals surface area contributed by atoms with Gasteiger partial charge in [0.05, 0.1) is 17.8 Å². The molecule has 1 saturated heterocycles. The molecule has 2 aromatic carbocycles. The van der Waals surface area contributed by atoms with E-state index in [1.54, 1.807) is 12.1 Å². The van der Waals surface area contributed by atoms with Gasteiger partial charge < -0.3 is 14.7 Å². The SMILES string of the molecule is C[C@@H]1CN(c2ccc(C(=O)NNC(=O)c3ccc(C(=O)O)cc3)cc2)C[C@H](C)O1. The Hall–Kier alpha value is -3.39. The minimum absolute atomic E-state index is 0.0785. The molecule has 1 aliphatic heterocycles. The minimum Gasteiger partial charge on any atom is -0.478 e. The lowest BCUT2D eigenvalue weighted by Gasteiger charge is -2.36. The monoisotopic (exact) mass is 397 g/mol. The Balaban J connectivity index is 1.56. The third-order valence-electron chi connectivity index (χ3n) is 4.60. The number of morpholine rings is 1. The van der Waals surface area contributed by atoms with Crippen LogP contribution in [0.25, 0.3) is 0 Å². The summed E-state index contributed by atoms with van der Waals surface area (Å²) in [5.74, 6) is -2.06. The number of benzene rings is 2. The molecule has 3 rings (SSSR count). The molecule has 0 spiro atoms. The minimum atomic E-state index is -1.07. The molecule has 0 unspecified atom stereocenters. The zero-order valence-corrected chi connectivity index (χ0v) is 16.2. The van der Waals surface area contributed by atoms with E-state index < -0.39 is 17.8 Å². The fourth-order valence-corrected chi connectivity index (χ4v) is 3.23. The first-order valence-corrected chi connectivity index (χ1v) is 9.28. The van der Waals surface area contributed by atoms with Crippen molar-refractivity contribution in [2.45, 2.75) is 26.1 Å². The van der Waals surface area contributed by atoms with Gasteiger partial charge in [0.25, 0.3) is 11.8 Å². The lowest BCUT2D eigenvalue weighted by atomic mass is 10.1. The van der Waals surface area contributed by atoms with E-state index in [9.17, 15) is 14.4 Å². The van der Waals surface area contributed by atoms with Crippen molar-refractivity contribution in [3.63, 3.8) is 0 Å². The molecular weight excluding hydrogens is 374 g/mol. The van der Waals surface area contributed by atoms with Crippen molar-refractivity contribution >= 4 is 23.5 Å². The zero-order chi connectivity index (χ0) is 21.0. The molecule has 0 saturated carbocycles. The predicted octanol–water partition coefficient (Wildman–Crippen LogP) is 2.07. The van der Waals surface area contributed by atoms with E-state index in [0.29, 0.717) is 5.56 Å². The topological polar surface area (TPSA) is 108 Å². The van der Waals surface area contributed by atoms with Crippen LogP contribution in [0.4, 0.5) is 5.69 Å². The maximum atomic E-state index is 12.3. The summed E-state index contributed by atoms with van der Waals surface area (Å²) in [4.78, 5) is 37.4. The van der Waals surface area contributed by atoms with E-state index >= 15 is 0 Å². The quantitative estimate of drug-likeness (QED) is 0.682. The highest BCUT2D eigenvalue weighted by Crippen LogP contribution is 2.20. The second-order valence-electron chi connectivity index (χ2n) is 7.00. The largest absolute Gasteiger partial charge is 0.478 e. The Bertz CT molecular complexity index is 886. The number of rotatable bonds is 4. The number of nitrogens with one attached hydrogen (secondary N) is 2. The molecule has 0 bridgehead atoms. The average Bonchev–Trinajstić information content (AvgIpc) is 2.71. The number of ether oxygens (including phenoxy) is 1. The summed E-state index contributed by atoms with van der Waals surface area (Å²) in [6.07, 6.45) is 0.281. The normalized spacial score (nSPS) is 18.8. The zero-order valence-electron chi connectivity index (χ0n) is 16.2. The first-order chi connectivity index (χ1) is 13.8. The molecule has 1 fully saturated rings. The molecule has 152 valence electrons. The van der Waals surface area contributed by atoms with Crippen molar-refractivity contribution in [2.75, 3.05) is 18.0 Å². The van der Waals surface area contributed by atoms with Gasteiger partial charge in [-0.05, 0) is 62.4 Å². The van der Waals surface area contributed by atoms with E-state index in [2.05, 4.69) is 15.8 Å². The molecule has 1 heterocycles. The first kappa shape index (κ1) is 20.3. The van der Waals surface area contributed by atoms with Gasteiger partial charge in [0.1, 0.15) is 0 Å². The number of hydrogen-bond acceptors (Lipinski definition) is 5. The molecule has 8 nitrogen and oxygen atoms in total. The number of nitrogens with zero attached hydrogens (tertiary/aromatic N) is 1. The van der Waals surface area contributed by atoms with Gasteiger partial charge in [-0.1, -0.05) is 0 Å². The summed E-state index contributed by atoms with van der Waals surface area (Å²) in [6, 6.07) is 12.5. The van der Waals surface area contributed by atoms with Crippen molar-refractivity contribution in [3.05, 3.63) is 65.2 Å². The Morgan fingerprint density at radius 2 is 1.24 bits per heavy atom. The first-order valence-electron chi connectivity index (χ1n) is 9.28. The number of carboxylic acid groups (broad SMARTS) is 1. The highest BCUT2D eigenvalue weighted by Gasteiger charge is 2.22. The molecule has 0 aliphatic carbocycles. The number of carbonyl (C=O) groups excluding carboxylic acids is 2. The Labute approximate surface area is 168 Å². The smallest absolute Gasteiger partial charge is 0.335 e. The molecule has 2 atom stereocenters. The molecule has 8 heteroatoms. The number of aromatic carboxylic acids is 1. The molecule has 0 aromatic heterocycles. The van der Waals surface area contributed by atoms with Gasteiger partial charge in [0, 0.05) is 29.9 Å². The highest BCUT2D eigenvalue weighted by atomic mass is 16.5. The summed E-state index contributed by atoms with van der Waals surface area (Å²) in [5, 5.41) is 8.88. The van der Waals surface area contributed by atoms with Crippen molar-refractivity contribution < 1.29 is 24.2 Å². The summed E-state index contributed by atoms with van der Waals surface area (Å²) < 4.78 is 5.73. The third-order valence-corrected chi connectivity index (χ3v) is 4.60. The second kappa shape index (κ2) is 8.74. The van der Waals surface area contributed by atoms with Gasteiger partial charge in [-0.3, -0.25) is 20.4 Å². The number of carbonyl (C=O) groups is 3. The summed E-state index contributed by atoms with van der Waals surface area (Å²) >= 11 is 0. The lowest BCUT2D eigenvalue weighted by Crippen LogP contribution is -2.45. The van der Waals surface area contributed by atoms with E-state index in [-0.39, 0.29) is 23.3 Å². The standard InChI is InChI=1S/C21H23N3O5/c1-13-11-24(12-14(2)29-13)18-9-7-16(8-10-18)20(26)23-22-19(25)15-3-5-17(6-4-15)21(27)28/h3-10,13-14H,11-12H2,1-2H3,(H,22,25)(H,23,26)(H,27,28)/t13-,14+. The number of hydrazine groups is 1. The van der Waals surface area contributed by atoms with Crippen LogP contribution in [-0.2, 0) is 4.74 Å². The summed E-state index contributed by atoms with van der Waals surface area (Å²) in [5.41, 5.74) is 6.41. The van der Waals surface area contributed by atoms with Crippen LogP contribution < -0.4 is 15.8 Å². The average molecular weight is 397 g/mol. The summed E-state index contributed by atoms with van der Waals surface area (Å²) in [6.45, 7) is 5.63. The lowest BCUT2D eigenvalue weighted by molar-refractivity contribution is -0.00522. The van der Waals surface area contributed by atoms with Gasteiger partial charge in [-0.25, -0.2) is 4.79 Å². The van der Waals surface area contributed by atoms with E-state index in [4.69, 9.17) is 9.84 Å².